The number of hydrogen-bond acceptors (Lipinski definition) is 5. The van der Waals surface area contributed by atoms with Gasteiger partial charge in [0, 0.05) is 55.3 Å². The van der Waals surface area contributed by atoms with Crippen molar-refractivity contribution in [3.05, 3.63) is 94.7 Å². The SMILES string of the molecule is O=C(O)c1ccc2nc(CN3CCN(c4ccc5ccn(Cc6ccc(Cl)cc6F)c5c4)CC3)n(C[C@@H]3CCO3)c2c1. The number of piperazine rings is 1. The molecule has 4 heterocycles. The molecule has 0 aliphatic carbocycles. The summed E-state index contributed by atoms with van der Waals surface area (Å²) in [5.41, 5.74) is 4.73. The second-order valence-electron chi connectivity index (χ2n) is 11.1. The average Bonchev–Trinajstić information content (AvgIpc) is 3.52. The molecule has 0 saturated carbocycles. The molecule has 5 aromatic rings. The van der Waals surface area contributed by atoms with Crippen molar-refractivity contribution in [1.29, 1.82) is 0 Å². The van der Waals surface area contributed by atoms with E-state index in [0.717, 1.165) is 72.7 Å². The molecule has 10 heteroatoms. The summed E-state index contributed by atoms with van der Waals surface area (Å²) < 4.78 is 24.4. The van der Waals surface area contributed by atoms with Crippen molar-refractivity contribution < 1.29 is 19.0 Å². The molecule has 216 valence electrons. The molecule has 0 unspecified atom stereocenters. The third-order valence-electron chi connectivity index (χ3n) is 8.47. The van der Waals surface area contributed by atoms with E-state index in [1.807, 2.05) is 6.20 Å². The molecule has 2 aliphatic rings. The van der Waals surface area contributed by atoms with E-state index < -0.39 is 5.97 Å². The van der Waals surface area contributed by atoms with Crippen LogP contribution in [0.1, 0.15) is 28.2 Å². The zero-order chi connectivity index (χ0) is 28.8. The molecule has 42 heavy (non-hydrogen) atoms. The van der Waals surface area contributed by atoms with E-state index in [0.29, 0.717) is 30.2 Å². The molecule has 0 spiro atoms. The van der Waals surface area contributed by atoms with Crippen LogP contribution in [-0.2, 0) is 24.4 Å². The Labute approximate surface area is 247 Å². The molecular weight excluding hydrogens is 557 g/mol. The third-order valence-corrected chi connectivity index (χ3v) is 8.70. The van der Waals surface area contributed by atoms with Gasteiger partial charge in [0.05, 0.1) is 47.9 Å². The molecule has 0 amide bonds. The first-order valence-electron chi connectivity index (χ1n) is 14.3. The lowest BCUT2D eigenvalue weighted by Gasteiger charge is -2.36. The number of aromatic carboxylic acids is 1. The van der Waals surface area contributed by atoms with Crippen molar-refractivity contribution in [2.24, 2.45) is 0 Å². The largest absolute Gasteiger partial charge is 0.478 e. The van der Waals surface area contributed by atoms with Crippen LogP contribution in [0.15, 0.2) is 66.9 Å². The maximum absolute atomic E-state index is 14.5. The number of ether oxygens (including phenoxy) is 1. The molecule has 0 bridgehead atoms. The number of fused-ring (bicyclic) bond motifs is 2. The highest BCUT2D eigenvalue weighted by molar-refractivity contribution is 6.30. The van der Waals surface area contributed by atoms with Crippen LogP contribution in [0.2, 0.25) is 5.02 Å². The van der Waals surface area contributed by atoms with Gasteiger partial charge in [0.2, 0.25) is 0 Å². The van der Waals surface area contributed by atoms with Gasteiger partial charge in [-0.05, 0) is 60.3 Å². The number of carbonyl (C=O) groups is 1. The van der Waals surface area contributed by atoms with Gasteiger partial charge in [-0.25, -0.2) is 14.2 Å². The lowest BCUT2D eigenvalue weighted by atomic mass is 10.1. The summed E-state index contributed by atoms with van der Waals surface area (Å²) in [6.45, 7) is 6.05. The topological polar surface area (TPSA) is 75.8 Å². The second kappa shape index (κ2) is 11.1. The Morgan fingerprint density at radius 2 is 1.83 bits per heavy atom. The van der Waals surface area contributed by atoms with Crippen LogP contribution in [0.25, 0.3) is 21.9 Å². The molecule has 8 nitrogen and oxygen atoms in total. The Hall–Kier alpha value is -3.92. The predicted octanol–water partition coefficient (Wildman–Crippen LogP) is 5.64. The van der Waals surface area contributed by atoms with E-state index in [1.54, 1.807) is 30.3 Å². The number of hydrogen-bond donors (Lipinski definition) is 1. The van der Waals surface area contributed by atoms with Crippen LogP contribution in [0.3, 0.4) is 0 Å². The highest BCUT2D eigenvalue weighted by Gasteiger charge is 2.25. The minimum Gasteiger partial charge on any atom is -0.478 e. The van der Waals surface area contributed by atoms with Crippen molar-refractivity contribution in [3.8, 4) is 0 Å². The van der Waals surface area contributed by atoms with Crippen molar-refractivity contribution in [3.63, 3.8) is 0 Å². The number of halogens is 2. The molecular formula is C32H31ClFN5O3. The Bertz CT molecular complexity index is 1790. The van der Waals surface area contributed by atoms with Gasteiger partial charge in [0.25, 0.3) is 0 Å². The van der Waals surface area contributed by atoms with E-state index in [4.69, 9.17) is 21.3 Å². The predicted molar refractivity (Wildman–Crippen MR) is 161 cm³/mol. The molecule has 1 N–H and O–H groups in total. The van der Waals surface area contributed by atoms with Gasteiger partial charge >= 0.3 is 5.97 Å². The van der Waals surface area contributed by atoms with Crippen LogP contribution in [0.4, 0.5) is 10.1 Å². The summed E-state index contributed by atoms with van der Waals surface area (Å²) in [6.07, 6.45) is 3.14. The summed E-state index contributed by atoms with van der Waals surface area (Å²) in [5.74, 6) is -0.303. The fourth-order valence-electron chi connectivity index (χ4n) is 5.97. The van der Waals surface area contributed by atoms with Gasteiger partial charge < -0.3 is 23.9 Å². The number of nitrogens with zero attached hydrogens (tertiary/aromatic N) is 5. The zero-order valence-electron chi connectivity index (χ0n) is 23.0. The van der Waals surface area contributed by atoms with Crippen LogP contribution < -0.4 is 4.90 Å². The van der Waals surface area contributed by atoms with Crippen LogP contribution >= 0.6 is 11.6 Å². The second-order valence-corrected chi connectivity index (χ2v) is 11.6. The highest BCUT2D eigenvalue weighted by atomic mass is 35.5. The number of anilines is 1. The van der Waals surface area contributed by atoms with E-state index in [-0.39, 0.29) is 17.5 Å². The molecule has 2 aromatic heterocycles. The van der Waals surface area contributed by atoms with Gasteiger partial charge in [0.1, 0.15) is 11.6 Å². The molecule has 0 radical (unpaired) electrons. The van der Waals surface area contributed by atoms with E-state index >= 15 is 0 Å². The van der Waals surface area contributed by atoms with Gasteiger partial charge in [0.15, 0.2) is 0 Å². The minimum absolute atomic E-state index is 0.136. The quantitative estimate of drug-likeness (QED) is 0.253. The number of imidazole rings is 1. The Kier molecular flexibility index (Phi) is 7.09. The summed E-state index contributed by atoms with van der Waals surface area (Å²) >= 11 is 5.94. The summed E-state index contributed by atoms with van der Waals surface area (Å²) in [5, 5.41) is 11.0. The van der Waals surface area contributed by atoms with Crippen molar-refractivity contribution in [2.45, 2.75) is 32.2 Å². The Balaban J connectivity index is 1.07. The lowest BCUT2D eigenvalue weighted by molar-refractivity contribution is -0.0592. The van der Waals surface area contributed by atoms with E-state index in [2.05, 4.69) is 43.2 Å². The third kappa shape index (κ3) is 5.24. The fraction of sp³-hybridized carbons (Fsp3) is 0.312. The van der Waals surface area contributed by atoms with Crippen LogP contribution in [0, 0.1) is 5.82 Å². The number of benzene rings is 3. The highest BCUT2D eigenvalue weighted by Crippen LogP contribution is 2.27. The lowest BCUT2D eigenvalue weighted by Crippen LogP contribution is -2.46. The number of rotatable bonds is 8. The van der Waals surface area contributed by atoms with E-state index in [1.165, 1.54) is 6.07 Å². The molecule has 3 aromatic carbocycles. The average molecular weight is 588 g/mol. The zero-order valence-corrected chi connectivity index (χ0v) is 23.8. The molecule has 2 aliphatic heterocycles. The normalized spacial score (nSPS) is 17.7. The monoisotopic (exact) mass is 587 g/mol. The van der Waals surface area contributed by atoms with Crippen LogP contribution in [-0.4, -0.2) is 69.0 Å². The Morgan fingerprint density at radius 1 is 1.00 bits per heavy atom. The first kappa shape index (κ1) is 26.9. The maximum atomic E-state index is 14.5. The fourth-order valence-corrected chi connectivity index (χ4v) is 6.13. The minimum atomic E-state index is -0.940. The van der Waals surface area contributed by atoms with Gasteiger partial charge in [-0.1, -0.05) is 23.7 Å². The molecule has 7 rings (SSSR count). The van der Waals surface area contributed by atoms with Gasteiger partial charge in [-0.3, -0.25) is 4.90 Å². The Morgan fingerprint density at radius 3 is 2.57 bits per heavy atom. The maximum Gasteiger partial charge on any atom is 0.335 e. The molecule has 2 saturated heterocycles. The number of aromatic nitrogens is 3. The van der Waals surface area contributed by atoms with Gasteiger partial charge in [-0.15, -0.1) is 0 Å². The van der Waals surface area contributed by atoms with Crippen molar-refractivity contribution in [1.82, 2.24) is 19.0 Å². The summed E-state index contributed by atoms with van der Waals surface area (Å²) in [4.78, 5) is 21.3. The smallest absolute Gasteiger partial charge is 0.335 e. The van der Waals surface area contributed by atoms with Crippen molar-refractivity contribution in [2.75, 3.05) is 37.7 Å². The number of carboxylic acid groups (broad SMARTS) is 1. The number of carboxylic acids is 1. The first-order chi connectivity index (χ1) is 20.4. The molecule has 1 atom stereocenters. The van der Waals surface area contributed by atoms with E-state index in [9.17, 15) is 14.3 Å². The molecule has 2 fully saturated rings. The first-order valence-corrected chi connectivity index (χ1v) is 14.6. The van der Waals surface area contributed by atoms with Crippen molar-refractivity contribution >= 4 is 45.2 Å². The summed E-state index contributed by atoms with van der Waals surface area (Å²) in [6, 6.07) is 18.5. The van der Waals surface area contributed by atoms with Gasteiger partial charge in [-0.2, -0.15) is 0 Å². The van der Waals surface area contributed by atoms with Crippen LogP contribution in [0.5, 0.6) is 0 Å². The standard InChI is InChI=1S/C32H31ClFN5O3/c33-24-4-1-23(27(34)16-24)18-38-9-7-21-2-5-25(17-29(21)38)37-12-10-36(11-13-37)20-31-35-28-6-3-22(32(40)41)15-30(28)39(31)19-26-8-14-42-26/h1-7,9,15-17,26H,8,10-14,18-20H2,(H,40,41)/t26-/m0/s1. The summed E-state index contributed by atoms with van der Waals surface area (Å²) in [7, 11) is 0.